The maximum atomic E-state index is 12.7. The number of carbonyl (C=O) groups excluding carboxylic acids is 2. The molecule has 0 saturated carbocycles. The van der Waals surface area contributed by atoms with E-state index >= 15 is 0 Å². The summed E-state index contributed by atoms with van der Waals surface area (Å²) in [6.45, 7) is 1.51. The second-order valence-electron chi connectivity index (χ2n) is 5.88. The summed E-state index contributed by atoms with van der Waals surface area (Å²) in [6.07, 6.45) is 1.55. The van der Waals surface area contributed by atoms with Crippen LogP contribution in [0.4, 0.5) is 17.2 Å². The third-order valence-electron chi connectivity index (χ3n) is 4.07. The number of nitrogens with zero attached hydrogens (tertiary/aromatic N) is 2. The molecular weight excluding hydrogens is 360 g/mol. The van der Waals surface area contributed by atoms with Crippen molar-refractivity contribution in [3.63, 3.8) is 0 Å². The molecule has 140 valence electrons. The van der Waals surface area contributed by atoms with Crippen LogP contribution < -0.4 is 10.6 Å². The van der Waals surface area contributed by atoms with Crippen molar-refractivity contribution in [3.8, 4) is 0 Å². The molecule has 0 saturated heterocycles. The summed E-state index contributed by atoms with van der Waals surface area (Å²) in [5.74, 6) is -0.604. The zero-order chi connectivity index (χ0) is 20.1. The maximum Gasteiger partial charge on any atom is 0.273 e. The van der Waals surface area contributed by atoms with Gasteiger partial charge in [-0.25, -0.2) is 4.98 Å². The first-order chi connectivity index (χ1) is 13.5. The number of benzene rings is 2. The van der Waals surface area contributed by atoms with E-state index in [1.807, 2.05) is 0 Å². The standard InChI is InChI=1S/C20H16N4O4/c1-13-14(8-6-10-17(13)24(27)28)19(25)22-16-9-3-2-7-15(16)20(26)23-18-11-4-5-12-21-18/h2-12H,1H3,(H,22,25)(H,21,23,26). The van der Waals surface area contributed by atoms with Gasteiger partial charge >= 0.3 is 0 Å². The minimum atomic E-state index is -0.542. The topological polar surface area (TPSA) is 114 Å². The Hall–Kier alpha value is -4.07. The molecule has 0 aliphatic carbocycles. The molecule has 0 atom stereocenters. The van der Waals surface area contributed by atoms with Crippen LogP contribution >= 0.6 is 0 Å². The fraction of sp³-hybridized carbons (Fsp3) is 0.0500. The van der Waals surface area contributed by atoms with Crippen molar-refractivity contribution < 1.29 is 14.5 Å². The zero-order valence-corrected chi connectivity index (χ0v) is 14.9. The van der Waals surface area contributed by atoms with Gasteiger partial charge < -0.3 is 10.6 Å². The van der Waals surface area contributed by atoms with Gasteiger partial charge in [0.1, 0.15) is 5.82 Å². The molecule has 0 fully saturated rings. The Labute approximate surface area is 160 Å². The normalized spacial score (nSPS) is 10.2. The molecule has 1 aromatic heterocycles. The molecule has 3 rings (SSSR count). The summed E-state index contributed by atoms with van der Waals surface area (Å²) < 4.78 is 0. The van der Waals surface area contributed by atoms with Crippen molar-refractivity contribution in [2.45, 2.75) is 6.92 Å². The van der Waals surface area contributed by atoms with Crippen LogP contribution in [0.3, 0.4) is 0 Å². The van der Waals surface area contributed by atoms with Gasteiger partial charge in [0.15, 0.2) is 0 Å². The number of para-hydroxylation sites is 1. The summed E-state index contributed by atoms with van der Waals surface area (Å²) >= 11 is 0. The van der Waals surface area contributed by atoms with Gasteiger partial charge in [-0.1, -0.05) is 24.3 Å². The van der Waals surface area contributed by atoms with E-state index in [9.17, 15) is 19.7 Å². The first kappa shape index (κ1) is 18.7. The fourth-order valence-corrected chi connectivity index (χ4v) is 2.67. The molecule has 2 amide bonds. The summed E-state index contributed by atoms with van der Waals surface area (Å²) in [7, 11) is 0. The van der Waals surface area contributed by atoms with Crippen LogP contribution in [0.25, 0.3) is 0 Å². The lowest BCUT2D eigenvalue weighted by Gasteiger charge is -2.12. The van der Waals surface area contributed by atoms with Crippen molar-refractivity contribution in [2.24, 2.45) is 0 Å². The Balaban J connectivity index is 1.86. The molecule has 1 heterocycles. The average molecular weight is 376 g/mol. The van der Waals surface area contributed by atoms with Gasteiger partial charge in [0.25, 0.3) is 17.5 Å². The lowest BCUT2D eigenvalue weighted by atomic mass is 10.1. The molecule has 28 heavy (non-hydrogen) atoms. The molecule has 8 nitrogen and oxygen atoms in total. The Morgan fingerprint density at radius 1 is 0.893 bits per heavy atom. The van der Waals surface area contributed by atoms with Gasteiger partial charge in [-0.2, -0.15) is 0 Å². The van der Waals surface area contributed by atoms with Crippen molar-refractivity contribution in [3.05, 3.63) is 93.7 Å². The number of pyridine rings is 1. The maximum absolute atomic E-state index is 12.7. The third-order valence-corrected chi connectivity index (χ3v) is 4.07. The molecule has 0 spiro atoms. The second kappa shape index (κ2) is 8.09. The van der Waals surface area contributed by atoms with E-state index in [0.29, 0.717) is 5.82 Å². The van der Waals surface area contributed by atoms with Crippen LogP contribution in [0.5, 0.6) is 0 Å². The van der Waals surface area contributed by atoms with Crippen LogP contribution in [0.1, 0.15) is 26.3 Å². The smallest absolute Gasteiger partial charge is 0.273 e. The molecule has 8 heteroatoms. The lowest BCUT2D eigenvalue weighted by Crippen LogP contribution is -2.19. The van der Waals surface area contributed by atoms with Gasteiger partial charge in [0.05, 0.1) is 16.2 Å². The van der Waals surface area contributed by atoms with Crippen molar-refractivity contribution in [1.29, 1.82) is 0 Å². The molecular formula is C20H16N4O4. The highest BCUT2D eigenvalue weighted by Gasteiger charge is 2.20. The van der Waals surface area contributed by atoms with Crippen molar-refractivity contribution in [2.75, 3.05) is 10.6 Å². The summed E-state index contributed by atoms with van der Waals surface area (Å²) in [5.41, 5.74) is 0.791. The number of hydrogen-bond donors (Lipinski definition) is 2. The summed E-state index contributed by atoms with van der Waals surface area (Å²) in [4.78, 5) is 39.8. The average Bonchev–Trinajstić information content (AvgIpc) is 2.69. The molecule has 0 radical (unpaired) electrons. The van der Waals surface area contributed by atoms with Crippen LogP contribution in [-0.2, 0) is 0 Å². The van der Waals surface area contributed by atoms with E-state index in [0.717, 1.165) is 0 Å². The van der Waals surface area contributed by atoms with Crippen LogP contribution in [0, 0.1) is 17.0 Å². The van der Waals surface area contributed by atoms with Gasteiger partial charge in [-0.15, -0.1) is 0 Å². The number of amides is 2. The highest BCUT2D eigenvalue weighted by molar-refractivity contribution is 6.12. The molecule has 2 aromatic carbocycles. The summed E-state index contributed by atoms with van der Waals surface area (Å²) in [6, 6.07) is 15.9. The second-order valence-corrected chi connectivity index (χ2v) is 5.88. The van der Waals surface area contributed by atoms with Gasteiger partial charge in [0, 0.05) is 23.4 Å². The monoisotopic (exact) mass is 376 g/mol. The highest BCUT2D eigenvalue weighted by atomic mass is 16.6. The van der Waals surface area contributed by atoms with E-state index in [2.05, 4.69) is 15.6 Å². The van der Waals surface area contributed by atoms with Crippen LogP contribution in [0.2, 0.25) is 0 Å². The first-order valence-electron chi connectivity index (χ1n) is 8.34. The number of nitrogens with one attached hydrogen (secondary N) is 2. The SMILES string of the molecule is Cc1c(C(=O)Nc2ccccc2C(=O)Nc2ccccn2)cccc1[N+](=O)[O-]. The first-order valence-corrected chi connectivity index (χ1v) is 8.34. The highest BCUT2D eigenvalue weighted by Crippen LogP contribution is 2.23. The van der Waals surface area contributed by atoms with Gasteiger partial charge in [0.2, 0.25) is 0 Å². The van der Waals surface area contributed by atoms with Crippen molar-refractivity contribution >= 4 is 29.0 Å². The van der Waals surface area contributed by atoms with Gasteiger partial charge in [-0.3, -0.25) is 19.7 Å². The summed E-state index contributed by atoms with van der Waals surface area (Å²) in [5, 5.41) is 16.4. The fourth-order valence-electron chi connectivity index (χ4n) is 2.67. The molecule has 0 unspecified atom stereocenters. The number of hydrogen-bond acceptors (Lipinski definition) is 5. The molecule has 3 aromatic rings. The largest absolute Gasteiger partial charge is 0.321 e. The van der Waals surface area contributed by atoms with E-state index in [1.54, 1.807) is 48.7 Å². The number of rotatable bonds is 5. The number of anilines is 2. The lowest BCUT2D eigenvalue weighted by molar-refractivity contribution is -0.385. The number of nitro groups is 1. The number of nitro benzene ring substituents is 1. The zero-order valence-electron chi connectivity index (χ0n) is 14.9. The van der Waals surface area contributed by atoms with E-state index < -0.39 is 16.7 Å². The molecule has 0 aliphatic heterocycles. The van der Waals surface area contributed by atoms with E-state index in [1.165, 1.54) is 25.1 Å². The van der Waals surface area contributed by atoms with E-state index in [-0.39, 0.29) is 28.1 Å². The minimum absolute atomic E-state index is 0.145. The van der Waals surface area contributed by atoms with Gasteiger partial charge in [-0.05, 0) is 37.3 Å². The quantitative estimate of drug-likeness (QED) is 0.519. The Morgan fingerprint density at radius 2 is 1.57 bits per heavy atom. The van der Waals surface area contributed by atoms with Crippen LogP contribution in [0.15, 0.2) is 66.9 Å². The Bertz CT molecular complexity index is 1050. The third kappa shape index (κ3) is 4.01. The van der Waals surface area contributed by atoms with Crippen LogP contribution in [-0.4, -0.2) is 21.7 Å². The Kier molecular flexibility index (Phi) is 5.40. The molecule has 0 aliphatic rings. The predicted octanol–water partition coefficient (Wildman–Crippen LogP) is 3.80. The minimum Gasteiger partial charge on any atom is -0.321 e. The molecule has 2 N–H and O–H groups in total. The van der Waals surface area contributed by atoms with Crippen molar-refractivity contribution in [1.82, 2.24) is 4.98 Å². The van der Waals surface area contributed by atoms with E-state index in [4.69, 9.17) is 0 Å². The number of aromatic nitrogens is 1. The molecule has 0 bridgehead atoms. The predicted molar refractivity (Wildman–Crippen MR) is 104 cm³/mol. The number of carbonyl (C=O) groups is 2. The Morgan fingerprint density at radius 3 is 2.29 bits per heavy atom.